The maximum absolute atomic E-state index is 12.3. The Morgan fingerprint density at radius 1 is 1.21 bits per heavy atom. The molecule has 8 nitrogen and oxygen atoms in total. The van der Waals surface area contributed by atoms with Crippen molar-refractivity contribution in [1.29, 1.82) is 0 Å². The second kappa shape index (κ2) is 11.9. The molecule has 3 heterocycles. The van der Waals surface area contributed by atoms with Crippen LogP contribution < -0.4 is 9.47 Å². The Bertz CT molecular complexity index is 921. The topological polar surface area (TPSA) is 83.3 Å². The van der Waals surface area contributed by atoms with Gasteiger partial charge in [0.05, 0.1) is 25.2 Å². The highest BCUT2D eigenvalue weighted by Gasteiger charge is 2.27. The highest BCUT2D eigenvalue weighted by molar-refractivity contribution is 5.88. The van der Waals surface area contributed by atoms with Crippen molar-refractivity contribution in [2.45, 2.75) is 52.6 Å². The quantitative estimate of drug-likeness (QED) is 0.471. The van der Waals surface area contributed by atoms with Gasteiger partial charge in [-0.15, -0.1) is 0 Å². The molecule has 0 N–H and O–H groups in total. The van der Waals surface area contributed by atoms with E-state index in [1.54, 1.807) is 0 Å². The van der Waals surface area contributed by atoms with E-state index in [4.69, 9.17) is 23.5 Å². The van der Waals surface area contributed by atoms with Crippen molar-refractivity contribution < 1.29 is 28.3 Å². The molecule has 188 valence electrons. The number of aromatic nitrogens is 1. The summed E-state index contributed by atoms with van der Waals surface area (Å²) in [7, 11) is 0. The van der Waals surface area contributed by atoms with E-state index < -0.39 is 0 Å². The van der Waals surface area contributed by atoms with E-state index in [-0.39, 0.29) is 18.0 Å². The van der Waals surface area contributed by atoms with Crippen molar-refractivity contribution in [3.8, 4) is 11.6 Å². The van der Waals surface area contributed by atoms with E-state index >= 15 is 0 Å². The summed E-state index contributed by atoms with van der Waals surface area (Å²) < 4.78 is 28.6. The zero-order valence-electron chi connectivity index (χ0n) is 20.7. The monoisotopic (exact) mass is 474 g/mol. The Labute approximate surface area is 201 Å². The lowest BCUT2D eigenvalue weighted by Crippen LogP contribution is -2.38. The summed E-state index contributed by atoms with van der Waals surface area (Å²) in [6.07, 6.45) is 3.74. The number of esters is 1. The molecule has 34 heavy (non-hydrogen) atoms. The van der Waals surface area contributed by atoms with E-state index in [1.807, 2.05) is 25.1 Å². The van der Waals surface area contributed by atoms with Crippen molar-refractivity contribution in [1.82, 2.24) is 10.1 Å². The van der Waals surface area contributed by atoms with Crippen LogP contribution in [-0.4, -0.2) is 68.2 Å². The average Bonchev–Trinajstić information content (AvgIpc) is 3.26. The average molecular weight is 475 g/mol. The molecule has 0 amide bonds. The first-order valence-corrected chi connectivity index (χ1v) is 12.6. The molecule has 2 aromatic rings. The lowest BCUT2D eigenvalue weighted by Gasteiger charge is -2.31. The number of likely N-dealkylation sites (tertiary alicyclic amines) is 1. The summed E-state index contributed by atoms with van der Waals surface area (Å²) >= 11 is 0. The van der Waals surface area contributed by atoms with Gasteiger partial charge >= 0.3 is 5.97 Å². The lowest BCUT2D eigenvalue weighted by atomic mass is 9.96. The van der Waals surface area contributed by atoms with Crippen molar-refractivity contribution in [2.24, 2.45) is 17.8 Å². The summed E-state index contributed by atoms with van der Waals surface area (Å²) in [6.45, 7) is 11.3. The molecular formula is C26H38N2O6. The van der Waals surface area contributed by atoms with Crippen LogP contribution in [0.2, 0.25) is 0 Å². The highest BCUT2D eigenvalue weighted by atomic mass is 16.5. The zero-order chi connectivity index (χ0) is 23.9. The van der Waals surface area contributed by atoms with Crippen LogP contribution in [0, 0.1) is 17.8 Å². The molecule has 2 fully saturated rings. The smallest absolute Gasteiger partial charge is 0.309 e. The van der Waals surface area contributed by atoms with Crippen LogP contribution in [0.3, 0.4) is 0 Å². The molecule has 2 saturated heterocycles. The second-order valence-corrected chi connectivity index (χ2v) is 9.99. The SMILES string of the molecule is CC(C)COc1cccc2onc(OCC3CCN(CCOC(=O)C4CCOC(C)C4)CC3)c12. The van der Waals surface area contributed by atoms with Gasteiger partial charge < -0.3 is 23.5 Å². The molecule has 0 radical (unpaired) electrons. The summed E-state index contributed by atoms with van der Waals surface area (Å²) in [5, 5.41) is 4.95. The first-order valence-electron chi connectivity index (χ1n) is 12.6. The van der Waals surface area contributed by atoms with Crippen LogP contribution in [0.1, 0.15) is 46.5 Å². The molecule has 2 unspecified atom stereocenters. The molecule has 1 aromatic carbocycles. The first-order chi connectivity index (χ1) is 16.5. The van der Waals surface area contributed by atoms with Gasteiger partial charge in [-0.05, 0) is 74.8 Å². The summed E-state index contributed by atoms with van der Waals surface area (Å²) in [5.41, 5.74) is 0.677. The Morgan fingerprint density at radius 3 is 2.79 bits per heavy atom. The van der Waals surface area contributed by atoms with Gasteiger partial charge in [0.15, 0.2) is 5.58 Å². The summed E-state index contributed by atoms with van der Waals surface area (Å²) in [4.78, 5) is 14.7. The molecule has 2 aliphatic rings. The predicted molar refractivity (Wildman–Crippen MR) is 128 cm³/mol. The Morgan fingerprint density at radius 2 is 2.03 bits per heavy atom. The second-order valence-electron chi connectivity index (χ2n) is 9.99. The van der Waals surface area contributed by atoms with E-state index in [1.165, 1.54) is 0 Å². The van der Waals surface area contributed by atoms with Crippen molar-refractivity contribution >= 4 is 16.9 Å². The number of piperidine rings is 1. The Kier molecular flexibility index (Phi) is 8.67. The van der Waals surface area contributed by atoms with Gasteiger partial charge in [-0.25, -0.2) is 0 Å². The van der Waals surface area contributed by atoms with Gasteiger partial charge in [-0.2, -0.15) is 0 Å². The number of benzene rings is 1. The lowest BCUT2D eigenvalue weighted by molar-refractivity contribution is -0.154. The van der Waals surface area contributed by atoms with Gasteiger partial charge in [-0.1, -0.05) is 19.9 Å². The molecule has 1 aromatic heterocycles. The van der Waals surface area contributed by atoms with Crippen LogP contribution in [0.15, 0.2) is 22.7 Å². The number of carbonyl (C=O) groups is 1. The van der Waals surface area contributed by atoms with Crippen molar-refractivity contribution in [3.63, 3.8) is 0 Å². The number of hydrogen-bond acceptors (Lipinski definition) is 8. The molecule has 2 atom stereocenters. The predicted octanol–water partition coefficient (Wildman–Crippen LogP) is 4.31. The third-order valence-corrected chi connectivity index (χ3v) is 6.63. The number of nitrogens with zero attached hydrogens (tertiary/aromatic N) is 2. The molecule has 0 bridgehead atoms. The zero-order valence-corrected chi connectivity index (χ0v) is 20.7. The number of rotatable bonds is 10. The van der Waals surface area contributed by atoms with Gasteiger partial charge in [0.2, 0.25) is 0 Å². The van der Waals surface area contributed by atoms with E-state index in [9.17, 15) is 4.79 Å². The maximum atomic E-state index is 12.3. The molecule has 0 saturated carbocycles. The van der Waals surface area contributed by atoms with Crippen LogP contribution in [-0.2, 0) is 14.3 Å². The molecule has 2 aliphatic heterocycles. The van der Waals surface area contributed by atoms with E-state index in [0.29, 0.717) is 49.7 Å². The Hall–Kier alpha value is -2.32. The number of ether oxygens (including phenoxy) is 4. The number of carbonyl (C=O) groups excluding carboxylic acids is 1. The minimum atomic E-state index is -0.0741. The molecule has 4 rings (SSSR count). The van der Waals surface area contributed by atoms with Gasteiger partial charge in [0.1, 0.15) is 17.7 Å². The summed E-state index contributed by atoms with van der Waals surface area (Å²) in [5.74, 6) is 2.05. The van der Waals surface area contributed by atoms with Crippen LogP contribution in [0.25, 0.3) is 11.0 Å². The fourth-order valence-corrected chi connectivity index (χ4v) is 4.59. The minimum Gasteiger partial charge on any atom is -0.492 e. The third-order valence-electron chi connectivity index (χ3n) is 6.63. The molecular weight excluding hydrogens is 436 g/mol. The fraction of sp³-hybridized carbons (Fsp3) is 0.692. The van der Waals surface area contributed by atoms with E-state index in [0.717, 1.165) is 56.5 Å². The first kappa shape index (κ1) is 24.8. The maximum Gasteiger partial charge on any atom is 0.309 e. The number of fused-ring (bicyclic) bond motifs is 1. The summed E-state index contributed by atoms with van der Waals surface area (Å²) in [6, 6.07) is 5.72. The molecule has 0 spiro atoms. The Balaban J connectivity index is 1.18. The molecule has 8 heteroatoms. The van der Waals surface area contributed by atoms with Crippen molar-refractivity contribution in [2.75, 3.05) is 46.1 Å². The fourth-order valence-electron chi connectivity index (χ4n) is 4.59. The van der Waals surface area contributed by atoms with Crippen LogP contribution >= 0.6 is 0 Å². The minimum absolute atomic E-state index is 0.0180. The van der Waals surface area contributed by atoms with Gasteiger partial charge in [0.25, 0.3) is 5.88 Å². The molecule has 0 aliphatic carbocycles. The highest BCUT2D eigenvalue weighted by Crippen LogP contribution is 2.34. The largest absolute Gasteiger partial charge is 0.492 e. The van der Waals surface area contributed by atoms with E-state index in [2.05, 4.69) is 23.9 Å². The van der Waals surface area contributed by atoms with Gasteiger partial charge in [0, 0.05) is 13.2 Å². The van der Waals surface area contributed by atoms with Gasteiger partial charge in [-0.3, -0.25) is 9.69 Å². The van der Waals surface area contributed by atoms with Crippen LogP contribution in [0.5, 0.6) is 11.6 Å². The van der Waals surface area contributed by atoms with Crippen molar-refractivity contribution in [3.05, 3.63) is 18.2 Å². The standard InChI is InChI=1S/C26H38N2O6/c1-18(2)16-32-22-5-4-6-23-24(22)25(27-34-23)33-17-20-7-10-28(11-8-20)12-14-31-26(29)21-9-13-30-19(3)15-21/h4-6,18-21H,7-17H2,1-3H3. The van der Waals surface area contributed by atoms with Crippen LogP contribution in [0.4, 0.5) is 0 Å². The normalized spacial score (nSPS) is 22.2. The number of hydrogen-bond donors (Lipinski definition) is 0. The third kappa shape index (κ3) is 6.63.